The number of nitrogens with zero attached hydrogens (tertiary/aromatic N) is 4. The van der Waals surface area contributed by atoms with E-state index in [4.69, 9.17) is 4.74 Å². The highest BCUT2D eigenvalue weighted by Crippen LogP contribution is 2.32. The Kier molecular flexibility index (Phi) is 4.51. The van der Waals surface area contributed by atoms with Gasteiger partial charge >= 0.3 is 0 Å². The maximum atomic E-state index is 10.2. The van der Waals surface area contributed by atoms with Crippen molar-refractivity contribution in [3.8, 4) is 0 Å². The van der Waals surface area contributed by atoms with Gasteiger partial charge in [-0.3, -0.25) is 4.57 Å². The lowest BCUT2D eigenvalue weighted by Gasteiger charge is -2.16. The van der Waals surface area contributed by atoms with Crippen LogP contribution in [0.2, 0.25) is 0 Å². The van der Waals surface area contributed by atoms with Crippen molar-refractivity contribution in [2.45, 2.75) is 31.1 Å². The predicted molar refractivity (Wildman–Crippen MR) is 92.1 cm³/mol. The van der Waals surface area contributed by atoms with Gasteiger partial charge in [0.15, 0.2) is 23.2 Å². The molecule has 136 valence electrons. The van der Waals surface area contributed by atoms with Gasteiger partial charge in [-0.2, -0.15) is 0 Å². The van der Waals surface area contributed by atoms with Crippen LogP contribution in [0.4, 0.5) is 5.82 Å². The van der Waals surface area contributed by atoms with Crippen LogP contribution in [0.15, 0.2) is 43.0 Å². The predicted octanol–water partition coefficient (Wildman–Crippen LogP) is 0.0499. The summed E-state index contributed by atoms with van der Waals surface area (Å²) in [7, 11) is 0. The van der Waals surface area contributed by atoms with Crippen LogP contribution in [0.25, 0.3) is 11.2 Å². The first-order valence-electron chi connectivity index (χ1n) is 8.27. The second-order valence-corrected chi connectivity index (χ2v) is 6.11. The fraction of sp³-hybridized carbons (Fsp3) is 0.353. The minimum atomic E-state index is -1.19. The first-order chi connectivity index (χ1) is 12.7. The number of hydrogen-bond acceptors (Lipinski definition) is 8. The second kappa shape index (κ2) is 6.96. The molecule has 4 atom stereocenters. The van der Waals surface area contributed by atoms with E-state index < -0.39 is 24.5 Å². The summed E-state index contributed by atoms with van der Waals surface area (Å²) < 4.78 is 7.08. The van der Waals surface area contributed by atoms with E-state index in [0.717, 1.165) is 5.56 Å². The van der Waals surface area contributed by atoms with Gasteiger partial charge in [-0.05, 0) is 5.56 Å². The highest BCUT2D eigenvalue weighted by Gasteiger charge is 2.44. The fourth-order valence-electron chi connectivity index (χ4n) is 3.06. The molecule has 1 aliphatic heterocycles. The smallest absolute Gasteiger partial charge is 0.167 e. The van der Waals surface area contributed by atoms with E-state index in [9.17, 15) is 15.3 Å². The summed E-state index contributed by atoms with van der Waals surface area (Å²) in [4.78, 5) is 12.8. The van der Waals surface area contributed by atoms with E-state index in [1.54, 1.807) is 0 Å². The van der Waals surface area contributed by atoms with Gasteiger partial charge in [-0.15, -0.1) is 0 Å². The third-order valence-corrected chi connectivity index (χ3v) is 4.45. The zero-order valence-electron chi connectivity index (χ0n) is 13.8. The van der Waals surface area contributed by atoms with Crippen molar-refractivity contribution >= 4 is 17.0 Å². The monoisotopic (exact) mass is 357 g/mol. The Labute approximate surface area is 148 Å². The maximum absolute atomic E-state index is 10.2. The first-order valence-corrected chi connectivity index (χ1v) is 8.27. The van der Waals surface area contributed by atoms with Crippen LogP contribution in [0.5, 0.6) is 0 Å². The number of rotatable bonds is 5. The number of anilines is 1. The lowest BCUT2D eigenvalue weighted by Crippen LogP contribution is -2.33. The SMILES string of the molecule is OC[C@H]1O[C@@H](n2cnc3c(NCc4ccccc4)ncnc32)[C@@H](O)[C@@H]1O. The van der Waals surface area contributed by atoms with Crippen LogP contribution in [-0.4, -0.2) is 59.8 Å². The van der Waals surface area contributed by atoms with E-state index in [0.29, 0.717) is 23.5 Å². The van der Waals surface area contributed by atoms with Crippen LogP contribution in [0.3, 0.4) is 0 Å². The number of aliphatic hydroxyl groups excluding tert-OH is 3. The molecule has 3 aromatic rings. The lowest BCUT2D eigenvalue weighted by molar-refractivity contribution is -0.0511. The van der Waals surface area contributed by atoms with Gasteiger partial charge in [0.2, 0.25) is 0 Å². The van der Waals surface area contributed by atoms with Gasteiger partial charge in [-0.1, -0.05) is 30.3 Å². The van der Waals surface area contributed by atoms with Crippen LogP contribution in [0.1, 0.15) is 11.8 Å². The summed E-state index contributed by atoms with van der Waals surface area (Å²) in [6.07, 6.45) is -1.24. The number of aromatic nitrogens is 4. The molecule has 0 radical (unpaired) electrons. The molecular weight excluding hydrogens is 338 g/mol. The summed E-state index contributed by atoms with van der Waals surface area (Å²) >= 11 is 0. The highest BCUT2D eigenvalue weighted by atomic mass is 16.6. The standard InChI is InChI=1S/C17H19N5O4/c23-7-11-13(24)14(25)17(26-11)22-9-21-12-15(19-8-20-16(12)22)18-6-10-4-2-1-3-5-10/h1-5,8-9,11,13-14,17,23-25H,6-7H2,(H,18,19,20)/t11-,13-,14+,17-/m1/s1. The molecule has 0 unspecified atom stereocenters. The number of ether oxygens (including phenoxy) is 1. The lowest BCUT2D eigenvalue weighted by atomic mass is 10.1. The van der Waals surface area contributed by atoms with Gasteiger partial charge in [0.1, 0.15) is 24.6 Å². The Balaban J connectivity index is 1.61. The summed E-state index contributed by atoms with van der Waals surface area (Å²) in [5.41, 5.74) is 2.09. The third-order valence-electron chi connectivity index (χ3n) is 4.45. The molecule has 1 aliphatic rings. The molecular formula is C17H19N5O4. The molecule has 3 heterocycles. The Bertz CT molecular complexity index is 887. The molecule has 0 bridgehead atoms. The Hall–Kier alpha value is -2.59. The average molecular weight is 357 g/mol. The average Bonchev–Trinajstić information content (AvgIpc) is 3.23. The van der Waals surface area contributed by atoms with Crippen molar-refractivity contribution in [3.63, 3.8) is 0 Å². The molecule has 9 nitrogen and oxygen atoms in total. The van der Waals surface area contributed by atoms with E-state index >= 15 is 0 Å². The van der Waals surface area contributed by atoms with Crippen LogP contribution < -0.4 is 5.32 Å². The highest BCUT2D eigenvalue weighted by molar-refractivity contribution is 5.82. The van der Waals surface area contributed by atoms with Gasteiger partial charge in [0.05, 0.1) is 12.9 Å². The van der Waals surface area contributed by atoms with Crippen molar-refractivity contribution in [1.82, 2.24) is 19.5 Å². The summed E-state index contributed by atoms with van der Waals surface area (Å²) in [6.45, 7) is 0.188. The first kappa shape index (κ1) is 16.9. The largest absolute Gasteiger partial charge is 0.394 e. The maximum Gasteiger partial charge on any atom is 0.167 e. The molecule has 0 amide bonds. The van der Waals surface area contributed by atoms with Gasteiger partial charge in [-0.25, -0.2) is 15.0 Å². The molecule has 4 rings (SSSR count). The number of hydrogen-bond donors (Lipinski definition) is 4. The quantitative estimate of drug-likeness (QED) is 0.505. The van der Waals surface area contributed by atoms with Crippen molar-refractivity contribution in [3.05, 3.63) is 48.5 Å². The number of imidazole rings is 1. The molecule has 1 fully saturated rings. The summed E-state index contributed by atoms with van der Waals surface area (Å²) in [5.74, 6) is 0.560. The van der Waals surface area contributed by atoms with Gasteiger partial charge in [0.25, 0.3) is 0 Å². The van der Waals surface area contributed by atoms with Crippen molar-refractivity contribution in [1.29, 1.82) is 0 Å². The van der Waals surface area contributed by atoms with Crippen molar-refractivity contribution < 1.29 is 20.1 Å². The van der Waals surface area contributed by atoms with Crippen molar-refractivity contribution in [2.75, 3.05) is 11.9 Å². The molecule has 0 aliphatic carbocycles. The molecule has 2 aromatic heterocycles. The van der Waals surface area contributed by atoms with E-state index in [1.807, 2.05) is 30.3 Å². The van der Waals surface area contributed by atoms with Gasteiger partial charge < -0.3 is 25.4 Å². The van der Waals surface area contributed by atoms with Crippen LogP contribution in [-0.2, 0) is 11.3 Å². The molecule has 9 heteroatoms. The topological polar surface area (TPSA) is 126 Å². The zero-order chi connectivity index (χ0) is 18.1. The van der Waals surface area contributed by atoms with E-state index in [2.05, 4.69) is 20.3 Å². The van der Waals surface area contributed by atoms with E-state index in [-0.39, 0.29) is 6.61 Å². The number of benzene rings is 1. The van der Waals surface area contributed by atoms with Crippen LogP contribution in [0, 0.1) is 0 Å². The molecule has 1 aromatic carbocycles. The Morgan fingerprint density at radius 2 is 1.88 bits per heavy atom. The van der Waals surface area contributed by atoms with Crippen molar-refractivity contribution in [2.24, 2.45) is 0 Å². The molecule has 0 saturated carbocycles. The van der Waals surface area contributed by atoms with E-state index in [1.165, 1.54) is 17.2 Å². The molecule has 26 heavy (non-hydrogen) atoms. The fourth-order valence-corrected chi connectivity index (χ4v) is 3.06. The third kappa shape index (κ3) is 2.90. The molecule has 0 spiro atoms. The summed E-state index contributed by atoms with van der Waals surface area (Å²) in [5, 5.41) is 32.6. The Morgan fingerprint density at radius 3 is 2.62 bits per heavy atom. The molecule has 4 N–H and O–H groups in total. The van der Waals surface area contributed by atoms with Gasteiger partial charge in [0, 0.05) is 6.54 Å². The number of aliphatic hydroxyl groups is 3. The Morgan fingerprint density at radius 1 is 1.08 bits per heavy atom. The summed E-state index contributed by atoms with van der Waals surface area (Å²) in [6, 6.07) is 9.88. The zero-order valence-corrected chi connectivity index (χ0v) is 13.8. The number of nitrogens with one attached hydrogen (secondary N) is 1. The molecule has 1 saturated heterocycles. The van der Waals surface area contributed by atoms with Crippen LogP contribution >= 0.6 is 0 Å². The minimum Gasteiger partial charge on any atom is -0.394 e. The second-order valence-electron chi connectivity index (χ2n) is 6.11. The normalized spacial score (nSPS) is 25.7. The minimum absolute atomic E-state index is 0.389. The number of fused-ring (bicyclic) bond motifs is 1.